The van der Waals surface area contributed by atoms with Crippen LogP contribution in [-0.4, -0.2) is 22.8 Å². The zero-order valence-electron chi connectivity index (χ0n) is 10.6. The third kappa shape index (κ3) is 8.12. The second-order valence-corrected chi connectivity index (χ2v) is 3.07. The SMILES string of the molecule is CC.CC.CC(=O)N(C)Cc1cscn1. The van der Waals surface area contributed by atoms with Crippen molar-refractivity contribution in [3.05, 3.63) is 16.6 Å². The van der Waals surface area contributed by atoms with Gasteiger partial charge in [0.2, 0.25) is 5.91 Å². The first-order valence-corrected chi connectivity index (χ1v) is 6.23. The molecule has 1 heterocycles. The van der Waals surface area contributed by atoms with Gasteiger partial charge in [-0.05, 0) is 0 Å². The summed E-state index contributed by atoms with van der Waals surface area (Å²) in [4.78, 5) is 16.5. The van der Waals surface area contributed by atoms with E-state index < -0.39 is 0 Å². The molecule has 0 N–H and O–H groups in total. The largest absolute Gasteiger partial charge is 0.340 e. The quantitative estimate of drug-likeness (QED) is 0.782. The summed E-state index contributed by atoms with van der Waals surface area (Å²) in [6.07, 6.45) is 0. The van der Waals surface area contributed by atoms with Crippen LogP contribution in [0.2, 0.25) is 0 Å². The molecule has 0 aliphatic rings. The van der Waals surface area contributed by atoms with E-state index in [9.17, 15) is 4.79 Å². The fourth-order valence-electron chi connectivity index (χ4n) is 0.670. The summed E-state index contributed by atoms with van der Waals surface area (Å²) >= 11 is 1.54. The highest BCUT2D eigenvalue weighted by atomic mass is 32.1. The van der Waals surface area contributed by atoms with E-state index in [1.165, 1.54) is 0 Å². The highest BCUT2D eigenvalue weighted by Gasteiger charge is 2.03. The second kappa shape index (κ2) is 11.2. The molecule has 3 nitrogen and oxygen atoms in total. The zero-order valence-corrected chi connectivity index (χ0v) is 11.4. The molecular weight excluding hydrogens is 208 g/mol. The summed E-state index contributed by atoms with van der Waals surface area (Å²) in [5.74, 6) is 0.0676. The Morgan fingerprint density at radius 3 is 2.27 bits per heavy atom. The Morgan fingerprint density at radius 1 is 1.40 bits per heavy atom. The molecule has 0 fully saturated rings. The van der Waals surface area contributed by atoms with Crippen molar-refractivity contribution in [2.75, 3.05) is 7.05 Å². The predicted molar refractivity (Wildman–Crippen MR) is 67.0 cm³/mol. The molecule has 0 aliphatic carbocycles. The van der Waals surface area contributed by atoms with Crippen LogP contribution in [0.4, 0.5) is 0 Å². The van der Waals surface area contributed by atoms with Gasteiger partial charge < -0.3 is 4.90 Å². The maximum atomic E-state index is 10.8. The smallest absolute Gasteiger partial charge is 0.219 e. The van der Waals surface area contributed by atoms with Crippen LogP contribution in [0, 0.1) is 0 Å². The Kier molecular flexibility index (Phi) is 12.3. The molecule has 0 unspecified atom stereocenters. The predicted octanol–water partition coefficient (Wildman–Crippen LogP) is 3.17. The molecule has 1 rings (SSSR count). The monoisotopic (exact) mass is 230 g/mol. The number of amides is 1. The van der Waals surface area contributed by atoms with Gasteiger partial charge in [0.05, 0.1) is 17.7 Å². The number of nitrogens with zero attached hydrogens (tertiary/aromatic N) is 2. The Labute approximate surface area is 97.1 Å². The van der Waals surface area contributed by atoms with Gasteiger partial charge in [-0.2, -0.15) is 0 Å². The third-order valence-corrected chi connectivity index (χ3v) is 2.06. The topological polar surface area (TPSA) is 33.2 Å². The maximum absolute atomic E-state index is 10.8. The number of carbonyl (C=O) groups is 1. The lowest BCUT2D eigenvalue weighted by Crippen LogP contribution is -2.23. The molecule has 1 aromatic rings. The number of carbonyl (C=O) groups excluding carboxylic acids is 1. The molecular formula is C11H22N2OS. The van der Waals surface area contributed by atoms with Crippen molar-refractivity contribution in [2.24, 2.45) is 0 Å². The van der Waals surface area contributed by atoms with Gasteiger partial charge in [0.1, 0.15) is 0 Å². The summed E-state index contributed by atoms with van der Waals surface area (Å²) in [5.41, 5.74) is 2.72. The van der Waals surface area contributed by atoms with Gasteiger partial charge in [-0.15, -0.1) is 11.3 Å². The summed E-state index contributed by atoms with van der Waals surface area (Å²) in [5, 5.41) is 1.94. The van der Waals surface area contributed by atoms with Gasteiger partial charge in [0.15, 0.2) is 0 Å². The molecule has 1 aromatic heterocycles. The van der Waals surface area contributed by atoms with E-state index in [0.29, 0.717) is 6.54 Å². The van der Waals surface area contributed by atoms with Crippen LogP contribution in [0.5, 0.6) is 0 Å². The molecule has 1 amide bonds. The minimum absolute atomic E-state index is 0.0676. The summed E-state index contributed by atoms with van der Waals surface area (Å²) in [6, 6.07) is 0. The van der Waals surface area contributed by atoms with Crippen LogP contribution >= 0.6 is 11.3 Å². The van der Waals surface area contributed by atoms with Crippen molar-refractivity contribution in [1.29, 1.82) is 0 Å². The van der Waals surface area contributed by atoms with Crippen LogP contribution in [-0.2, 0) is 11.3 Å². The van der Waals surface area contributed by atoms with Crippen molar-refractivity contribution in [3.63, 3.8) is 0 Å². The fraction of sp³-hybridized carbons (Fsp3) is 0.636. The molecule has 0 atom stereocenters. The minimum atomic E-state index is 0.0676. The van der Waals surface area contributed by atoms with E-state index in [-0.39, 0.29) is 5.91 Å². The number of thiazole rings is 1. The van der Waals surface area contributed by atoms with Crippen LogP contribution in [0.15, 0.2) is 10.9 Å². The second-order valence-electron chi connectivity index (χ2n) is 2.35. The van der Waals surface area contributed by atoms with E-state index >= 15 is 0 Å². The minimum Gasteiger partial charge on any atom is -0.340 e. The Bertz CT molecular complexity index is 235. The first-order valence-electron chi connectivity index (χ1n) is 5.29. The van der Waals surface area contributed by atoms with Gasteiger partial charge >= 0.3 is 0 Å². The lowest BCUT2D eigenvalue weighted by Gasteiger charge is -2.11. The van der Waals surface area contributed by atoms with Gasteiger partial charge in [-0.1, -0.05) is 27.7 Å². The standard InChI is InChI=1S/C7H10N2OS.2C2H6/c1-6(10)9(2)3-7-4-11-5-8-7;2*1-2/h4-5H,3H2,1-2H3;2*1-2H3. The normalized spacial score (nSPS) is 7.87. The van der Waals surface area contributed by atoms with E-state index in [0.717, 1.165) is 5.69 Å². The Balaban J connectivity index is 0. The van der Waals surface area contributed by atoms with E-state index in [4.69, 9.17) is 0 Å². The lowest BCUT2D eigenvalue weighted by atomic mass is 10.4. The molecule has 4 heteroatoms. The van der Waals surface area contributed by atoms with Crippen LogP contribution in [0.3, 0.4) is 0 Å². The van der Waals surface area contributed by atoms with Crippen molar-refractivity contribution in [2.45, 2.75) is 41.2 Å². The summed E-state index contributed by atoms with van der Waals surface area (Å²) in [7, 11) is 1.77. The van der Waals surface area contributed by atoms with Crippen LogP contribution < -0.4 is 0 Å². The van der Waals surface area contributed by atoms with Crippen molar-refractivity contribution >= 4 is 17.2 Å². The first-order chi connectivity index (χ1) is 7.20. The number of hydrogen-bond donors (Lipinski definition) is 0. The Hall–Kier alpha value is -0.900. The first kappa shape index (κ1) is 16.5. The third-order valence-electron chi connectivity index (χ3n) is 1.42. The summed E-state index contributed by atoms with van der Waals surface area (Å²) in [6.45, 7) is 10.2. The average molecular weight is 230 g/mol. The number of rotatable bonds is 2. The van der Waals surface area contributed by atoms with E-state index in [2.05, 4.69) is 4.98 Å². The molecule has 0 aliphatic heterocycles. The molecule has 0 saturated carbocycles. The molecule has 0 bridgehead atoms. The van der Waals surface area contributed by atoms with Crippen molar-refractivity contribution in [3.8, 4) is 0 Å². The van der Waals surface area contributed by atoms with Gasteiger partial charge in [-0.3, -0.25) is 4.79 Å². The Morgan fingerprint density at radius 2 is 1.93 bits per heavy atom. The number of hydrogen-bond acceptors (Lipinski definition) is 3. The molecule has 15 heavy (non-hydrogen) atoms. The van der Waals surface area contributed by atoms with Gasteiger partial charge in [0.25, 0.3) is 0 Å². The van der Waals surface area contributed by atoms with Crippen molar-refractivity contribution < 1.29 is 4.79 Å². The van der Waals surface area contributed by atoms with Crippen LogP contribution in [0.1, 0.15) is 40.3 Å². The lowest BCUT2D eigenvalue weighted by molar-refractivity contribution is -0.128. The molecule has 0 spiro atoms. The van der Waals surface area contributed by atoms with E-state index in [1.54, 1.807) is 35.7 Å². The van der Waals surface area contributed by atoms with Gasteiger partial charge in [-0.25, -0.2) is 4.98 Å². The highest BCUT2D eigenvalue weighted by Crippen LogP contribution is 2.03. The fourth-order valence-corrected chi connectivity index (χ4v) is 1.22. The van der Waals surface area contributed by atoms with Crippen molar-refractivity contribution in [1.82, 2.24) is 9.88 Å². The highest BCUT2D eigenvalue weighted by molar-refractivity contribution is 7.07. The van der Waals surface area contributed by atoms with E-state index in [1.807, 2.05) is 33.1 Å². The maximum Gasteiger partial charge on any atom is 0.219 e. The molecule has 0 saturated heterocycles. The summed E-state index contributed by atoms with van der Waals surface area (Å²) < 4.78 is 0. The molecule has 88 valence electrons. The van der Waals surface area contributed by atoms with Gasteiger partial charge in [0, 0.05) is 19.4 Å². The average Bonchev–Trinajstić information content (AvgIpc) is 2.76. The molecule has 0 radical (unpaired) electrons. The zero-order chi connectivity index (χ0) is 12.3. The van der Waals surface area contributed by atoms with Crippen LogP contribution in [0.25, 0.3) is 0 Å². The number of aromatic nitrogens is 1. The molecule has 0 aromatic carbocycles.